The van der Waals surface area contributed by atoms with Crippen LogP contribution in [-0.4, -0.2) is 18.5 Å². The van der Waals surface area contributed by atoms with Gasteiger partial charge in [-0.05, 0) is 57.5 Å². The molecule has 1 N–H and O–H groups in total. The highest BCUT2D eigenvalue weighted by Crippen LogP contribution is 2.35. The van der Waals surface area contributed by atoms with Crippen LogP contribution in [0.3, 0.4) is 0 Å². The van der Waals surface area contributed by atoms with Crippen molar-refractivity contribution < 1.29 is 18.7 Å². The number of benzene rings is 1. The molecule has 0 bridgehead atoms. The molecule has 3 aromatic rings. The topological polar surface area (TPSA) is 68.5 Å². The second kappa shape index (κ2) is 8.61. The Morgan fingerprint density at radius 1 is 1.14 bits per heavy atom. The number of nitrogens with one attached hydrogen (secondary N) is 1. The molecule has 0 radical (unpaired) electrons. The second-order valence-electron chi connectivity index (χ2n) is 6.37. The fraction of sp³-hybridized carbons (Fsp3) is 0.238. The SMILES string of the molecule is CCOC(=O)c1c(NC(=O)c2cc(-c3ccc(Cl)c(Cl)c3)oc2C)sc(C)c1C. The Bertz CT molecular complexity index is 1100. The van der Waals surface area contributed by atoms with Gasteiger partial charge in [0, 0.05) is 10.4 Å². The summed E-state index contributed by atoms with van der Waals surface area (Å²) in [6.07, 6.45) is 0. The Kier molecular flexibility index (Phi) is 6.36. The first-order valence-electron chi connectivity index (χ1n) is 8.87. The summed E-state index contributed by atoms with van der Waals surface area (Å²) in [6, 6.07) is 6.74. The maximum atomic E-state index is 12.9. The number of carbonyl (C=O) groups excluding carboxylic acids is 2. The fourth-order valence-corrected chi connectivity index (χ4v) is 4.18. The number of esters is 1. The van der Waals surface area contributed by atoms with E-state index >= 15 is 0 Å². The summed E-state index contributed by atoms with van der Waals surface area (Å²) in [6.45, 7) is 7.43. The molecule has 0 aliphatic carbocycles. The number of amides is 1. The van der Waals surface area contributed by atoms with Gasteiger partial charge in [-0.25, -0.2) is 4.79 Å². The normalized spacial score (nSPS) is 10.8. The van der Waals surface area contributed by atoms with Crippen LogP contribution in [0.5, 0.6) is 0 Å². The zero-order valence-corrected chi connectivity index (χ0v) is 18.6. The number of carbonyl (C=O) groups is 2. The van der Waals surface area contributed by atoms with Crippen molar-refractivity contribution in [3.05, 3.63) is 61.6 Å². The van der Waals surface area contributed by atoms with Gasteiger partial charge in [0.25, 0.3) is 5.91 Å². The first-order valence-corrected chi connectivity index (χ1v) is 10.4. The number of hydrogen-bond acceptors (Lipinski definition) is 5. The van der Waals surface area contributed by atoms with Crippen LogP contribution in [0.4, 0.5) is 5.00 Å². The molecule has 152 valence electrons. The number of aryl methyl sites for hydroxylation is 2. The van der Waals surface area contributed by atoms with Gasteiger partial charge in [0.1, 0.15) is 16.5 Å². The van der Waals surface area contributed by atoms with E-state index in [1.165, 1.54) is 11.3 Å². The molecule has 0 aliphatic heterocycles. The molecule has 1 amide bonds. The van der Waals surface area contributed by atoms with E-state index in [1.807, 2.05) is 13.8 Å². The molecule has 8 heteroatoms. The Hall–Kier alpha value is -2.28. The predicted molar refractivity (Wildman–Crippen MR) is 117 cm³/mol. The minimum absolute atomic E-state index is 0.258. The van der Waals surface area contributed by atoms with E-state index in [1.54, 1.807) is 38.1 Å². The summed E-state index contributed by atoms with van der Waals surface area (Å²) in [5.74, 6) is 0.121. The quantitative estimate of drug-likeness (QED) is 0.439. The van der Waals surface area contributed by atoms with Crippen molar-refractivity contribution in [2.75, 3.05) is 11.9 Å². The molecular weight excluding hydrogens is 433 g/mol. The van der Waals surface area contributed by atoms with Crippen LogP contribution in [0.2, 0.25) is 10.0 Å². The number of furan rings is 1. The molecule has 0 spiro atoms. The van der Waals surface area contributed by atoms with E-state index in [0.717, 1.165) is 10.4 Å². The number of ether oxygens (including phenoxy) is 1. The van der Waals surface area contributed by atoms with Crippen molar-refractivity contribution in [3.8, 4) is 11.3 Å². The van der Waals surface area contributed by atoms with Crippen LogP contribution >= 0.6 is 34.5 Å². The fourth-order valence-electron chi connectivity index (χ4n) is 2.83. The zero-order chi connectivity index (χ0) is 21.3. The van der Waals surface area contributed by atoms with Gasteiger partial charge in [0.05, 0.1) is 27.8 Å². The van der Waals surface area contributed by atoms with E-state index in [-0.39, 0.29) is 12.5 Å². The molecular formula is C21H19Cl2NO4S. The molecule has 0 unspecified atom stereocenters. The Morgan fingerprint density at radius 2 is 1.86 bits per heavy atom. The van der Waals surface area contributed by atoms with Crippen molar-refractivity contribution in [1.29, 1.82) is 0 Å². The maximum absolute atomic E-state index is 12.9. The van der Waals surface area contributed by atoms with Crippen molar-refractivity contribution in [2.24, 2.45) is 0 Å². The van der Waals surface area contributed by atoms with Crippen LogP contribution in [0.1, 0.15) is 43.8 Å². The summed E-state index contributed by atoms with van der Waals surface area (Å²) >= 11 is 13.4. The monoisotopic (exact) mass is 451 g/mol. The lowest BCUT2D eigenvalue weighted by Crippen LogP contribution is -2.15. The molecule has 5 nitrogen and oxygen atoms in total. The van der Waals surface area contributed by atoms with E-state index in [2.05, 4.69) is 5.32 Å². The van der Waals surface area contributed by atoms with Crippen molar-refractivity contribution in [2.45, 2.75) is 27.7 Å². The first kappa shape index (κ1) is 21.4. The Labute approximate surface area is 182 Å². The second-order valence-corrected chi connectivity index (χ2v) is 8.41. The van der Waals surface area contributed by atoms with Gasteiger partial charge in [0.15, 0.2) is 0 Å². The Balaban J connectivity index is 1.91. The van der Waals surface area contributed by atoms with Crippen LogP contribution in [-0.2, 0) is 4.74 Å². The summed E-state index contributed by atoms with van der Waals surface area (Å²) < 4.78 is 10.9. The molecule has 0 fully saturated rings. The molecule has 0 aliphatic rings. The number of halogens is 2. The van der Waals surface area contributed by atoms with E-state index in [0.29, 0.717) is 43.3 Å². The third-order valence-corrected chi connectivity index (χ3v) is 6.32. The lowest BCUT2D eigenvalue weighted by molar-refractivity contribution is 0.0527. The minimum Gasteiger partial charge on any atom is -0.462 e. The van der Waals surface area contributed by atoms with Crippen LogP contribution < -0.4 is 5.32 Å². The lowest BCUT2D eigenvalue weighted by Gasteiger charge is -2.06. The van der Waals surface area contributed by atoms with E-state index in [4.69, 9.17) is 32.4 Å². The highest BCUT2D eigenvalue weighted by atomic mass is 35.5. The van der Waals surface area contributed by atoms with E-state index in [9.17, 15) is 9.59 Å². The third-order valence-electron chi connectivity index (χ3n) is 4.46. The largest absolute Gasteiger partial charge is 0.462 e. The third kappa shape index (κ3) is 4.34. The van der Waals surface area contributed by atoms with Gasteiger partial charge >= 0.3 is 5.97 Å². The molecule has 0 saturated heterocycles. The Morgan fingerprint density at radius 3 is 2.52 bits per heavy atom. The van der Waals surface area contributed by atoms with E-state index < -0.39 is 5.97 Å². The van der Waals surface area contributed by atoms with Gasteiger partial charge in [-0.2, -0.15) is 0 Å². The van der Waals surface area contributed by atoms with Gasteiger partial charge < -0.3 is 14.5 Å². The smallest absolute Gasteiger partial charge is 0.341 e. The molecule has 2 heterocycles. The van der Waals surface area contributed by atoms with Gasteiger partial charge in [-0.1, -0.05) is 23.2 Å². The van der Waals surface area contributed by atoms with Gasteiger partial charge in [-0.3, -0.25) is 4.79 Å². The number of hydrogen-bond donors (Lipinski definition) is 1. The lowest BCUT2D eigenvalue weighted by atomic mass is 10.1. The molecule has 0 saturated carbocycles. The number of thiophene rings is 1. The molecule has 1 aromatic carbocycles. The molecule has 2 aromatic heterocycles. The highest BCUT2D eigenvalue weighted by molar-refractivity contribution is 7.16. The number of rotatable bonds is 5. The number of anilines is 1. The summed E-state index contributed by atoms with van der Waals surface area (Å²) in [5, 5.41) is 4.12. The maximum Gasteiger partial charge on any atom is 0.341 e. The first-order chi connectivity index (χ1) is 13.7. The van der Waals surface area contributed by atoms with Crippen LogP contribution in [0, 0.1) is 20.8 Å². The minimum atomic E-state index is -0.454. The average Bonchev–Trinajstić information content (AvgIpc) is 3.18. The molecule has 3 rings (SSSR count). The van der Waals surface area contributed by atoms with Crippen molar-refractivity contribution in [3.63, 3.8) is 0 Å². The van der Waals surface area contributed by atoms with Crippen LogP contribution in [0.25, 0.3) is 11.3 Å². The standard InChI is InChI=1S/C21H19Cl2NO4S/c1-5-27-21(26)18-10(2)12(4)29-20(18)24-19(25)14-9-17(28-11(14)3)13-6-7-15(22)16(23)8-13/h6-9H,5H2,1-4H3,(H,24,25). The summed E-state index contributed by atoms with van der Waals surface area (Å²) in [7, 11) is 0. The van der Waals surface area contributed by atoms with Crippen molar-refractivity contribution >= 4 is 51.4 Å². The summed E-state index contributed by atoms with van der Waals surface area (Å²) in [5.41, 5.74) is 2.25. The average molecular weight is 452 g/mol. The predicted octanol–water partition coefficient (Wildman–Crippen LogP) is 6.67. The molecule has 0 atom stereocenters. The zero-order valence-electron chi connectivity index (χ0n) is 16.3. The van der Waals surface area contributed by atoms with Crippen LogP contribution in [0.15, 0.2) is 28.7 Å². The van der Waals surface area contributed by atoms with Gasteiger partial charge in [0.2, 0.25) is 0 Å². The van der Waals surface area contributed by atoms with Crippen molar-refractivity contribution in [1.82, 2.24) is 0 Å². The highest BCUT2D eigenvalue weighted by Gasteiger charge is 2.24. The van der Waals surface area contributed by atoms with Gasteiger partial charge in [-0.15, -0.1) is 11.3 Å². The molecule has 29 heavy (non-hydrogen) atoms. The summed E-state index contributed by atoms with van der Waals surface area (Å²) in [4.78, 5) is 26.1.